The summed E-state index contributed by atoms with van der Waals surface area (Å²) in [6, 6.07) is 7.51. The Hall–Kier alpha value is -2.91. The fourth-order valence-corrected chi connectivity index (χ4v) is 5.75. The van der Waals surface area contributed by atoms with Gasteiger partial charge >= 0.3 is 0 Å². The molecule has 1 N–H and O–H groups in total. The second-order valence-electron chi connectivity index (χ2n) is 8.39. The molecule has 2 fully saturated rings. The third-order valence-electron chi connectivity index (χ3n) is 6.05. The Morgan fingerprint density at radius 3 is 2.82 bits per heavy atom. The van der Waals surface area contributed by atoms with E-state index in [4.69, 9.17) is 16.6 Å². The monoisotopic (exact) mass is 480 g/mol. The summed E-state index contributed by atoms with van der Waals surface area (Å²) in [6.07, 6.45) is 10.3. The lowest BCUT2D eigenvalue weighted by molar-refractivity contribution is -0.124. The van der Waals surface area contributed by atoms with Crippen molar-refractivity contribution in [3.05, 3.63) is 68.9 Å². The van der Waals surface area contributed by atoms with Crippen LogP contribution in [0.25, 0.3) is 11.7 Å². The summed E-state index contributed by atoms with van der Waals surface area (Å²) in [6.45, 7) is 2.29. The van der Waals surface area contributed by atoms with Crippen LogP contribution in [0.4, 0.5) is 5.82 Å². The van der Waals surface area contributed by atoms with Crippen LogP contribution in [0.1, 0.15) is 49.0 Å². The quantitative estimate of drug-likeness (QED) is 0.417. The third kappa shape index (κ3) is 4.35. The molecule has 9 heteroatoms. The van der Waals surface area contributed by atoms with Crippen LogP contribution in [0.5, 0.6) is 0 Å². The molecule has 1 saturated heterocycles. The van der Waals surface area contributed by atoms with Crippen LogP contribution >= 0.6 is 24.0 Å². The van der Waals surface area contributed by atoms with Gasteiger partial charge in [0, 0.05) is 12.2 Å². The zero-order valence-electron chi connectivity index (χ0n) is 18.2. The number of rotatable bonds is 5. The first-order chi connectivity index (χ1) is 16.0. The number of hydrogen-bond acceptors (Lipinski definition) is 7. The Morgan fingerprint density at radius 1 is 1.24 bits per heavy atom. The molecule has 170 valence electrons. The van der Waals surface area contributed by atoms with Gasteiger partial charge in [-0.25, -0.2) is 4.98 Å². The number of aryl methyl sites for hydroxylation is 1. The molecule has 1 aliphatic carbocycles. The van der Waals surface area contributed by atoms with Crippen molar-refractivity contribution < 1.29 is 9.21 Å². The molecule has 0 aromatic carbocycles. The van der Waals surface area contributed by atoms with Crippen molar-refractivity contribution in [1.29, 1.82) is 0 Å². The van der Waals surface area contributed by atoms with Crippen molar-refractivity contribution in [3.8, 4) is 0 Å². The van der Waals surface area contributed by atoms with Gasteiger partial charge in [0.1, 0.15) is 21.5 Å². The predicted molar refractivity (Wildman–Crippen MR) is 134 cm³/mol. The molecule has 0 bridgehead atoms. The van der Waals surface area contributed by atoms with Gasteiger partial charge in [-0.1, -0.05) is 49.3 Å². The second-order valence-corrected chi connectivity index (χ2v) is 10.1. The van der Waals surface area contributed by atoms with Gasteiger partial charge in [0.2, 0.25) is 0 Å². The Bertz CT molecular complexity index is 1310. The highest BCUT2D eigenvalue weighted by Crippen LogP contribution is 2.37. The summed E-state index contributed by atoms with van der Waals surface area (Å²) in [5.41, 5.74) is 1.55. The molecular weight excluding hydrogens is 456 g/mol. The predicted octanol–water partition coefficient (Wildman–Crippen LogP) is 4.74. The zero-order valence-corrected chi connectivity index (χ0v) is 19.9. The van der Waals surface area contributed by atoms with Crippen LogP contribution in [0.2, 0.25) is 0 Å². The van der Waals surface area contributed by atoms with Gasteiger partial charge in [0.25, 0.3) is 11.5 Å². The number of nitrogens with zero attached hydrogens (tertiary/aromatic N) is 3. The number of nitrogens with one attached hydrogen (secondary N) is 1. The van der Waals surface area contributed by atoms with E-state index in [2.05, 4.69) is 10.3 Å². The van der Waals surface area contributed by atoms with Gasteiger partial charge in [-0.15, -0.1) is 0 Å². The van der Waals surface area contributed by atoms with E-state index in [9.17, 15) is 9.59 Å². The number of fused-ring (bicyclic) bond motifs is 1. The Kier molecular flexibility index (Phi) is 6.07. The lowest BCUT2D eigenvalue weighted by Gasteiger charge is -2.29. The Morgan fingerprint density at radius 2 is 2.06 bits per heavy atom. The number of aromatic nitrogens is 2. The maximum atomic E-state index is 13.5. The van der Waals surface area contributed by atoms with Gasteiger partial charge in [-0.2, -0.15) is 0 Å². The maximum Gasteiger partial charge on any atom is 0.267 e. The number of pyridine rings is 1. The maximum absolute atomic E-state index is 13.5. The van der Waals surface area contributed by atoms with Crippen LogP contribution in [0, 0.1) is 6.92 Å². The first-order valence-corrected chi connectivity index (χ1v) is 12.3. The summed E-state index contributed by atoms with van der Waals surface area (Å²) >= 11 is 6.82. The highest BCUT2D eigenvalue weighted by Gasteiger charge is 2.37. The summed E-state index contributed by atoms with van der Waals surface area (Å²) in [4.78, 5) is 33.6. The van der Waals surface area contributed by atoms with E-state index >= 15 is 0 Å². The lowest BCUT2D eigenvalue weighted by atomic mass is 9.94. The molecule has 3 aromatic rings. The molecular formula is C24H24N4O3S2. The topological polar surface area (TPSA) is 79.8 Å². The smallest absolute Gasteiger partial charge is 0.267 e. The van der Waals surface area contributed by atoms with Crippen LogP contribution in [0.15, 0.2) is 50.8 Å². The molecule has 4 heterocycles. The van der Waals surface area contributed by atoms with Crippen molar-refractivity contribution in [1.82, 2.24) is 14.3 Å². The van der Waals surface area contributed by atoms with E-state index in [1.807, 2.05) is 19.1 Å². The number of amides is 1. The van der Waals surface area contributed by atoms with E-state index in [1.54, 1.807) is 35.6 Å². The zero-order chi connectivity index (χ0) is 22.9. The Labute approximate surface area is 200 Å². The molecule has 0 unspecified atom stereocenters. The van der Waals surface area contributed by atoms with Crippen molar-refractivity contribution in [2.75, 3.05) is 5.32 Å². The van der Waals surface area contributed by atoms with Gasteiger partial charge < -0.3 is 9.73 Å². The fourth-order valence-electron chi connectivity index (χ4n) is 4.37. The number of hydrogen-bond donors (Lipinski definition) is 1. The van der Waals surface area contributed by atoms with Crippen LogP contribution in [0.3, 0.4) is 0 Å². The largest absolute Gasteiger partial charge is 0.467 e. The van der Waals surface area contributed by atoms with E-state index in [0.29, 0.717) is 32.8 Å². The molecule has 2 aliphatic rings. The van der Waals surface area contributed by atoms with Gasteiger partial charge in [0.15, 0.2) is 0 Å². The minimum absolute atomic E-state index is 0.123. The highest BCUT2D eigenvalue weighted by molar-refractivity contribution is 8.26. The number of thiocarbonyl (C=S) groups is 1. The first kappa shape index (κ1) is 21.9. The average Bonchev–Trinajstić information content (AvgIpc) is 3.43. The summed E-state index contributed by atoms with van der Waals surface area (Å²) in [7, 11) is 0. The van der Waals surface area contributed by atoms with E-state index in [1.165, 1.54) is 22.6 Å². The van der Waals surface area contributed by atoms with Crippen LogP contribution < -0.4 is 10.9 Å². The fraction of sp³-hybridized carbons (Fsp3) is 0.333. The molecule has 0 spiro atoms. The van der Waals surface area contributed by atoms with Gasteiger partial charge in [-0.3, -0.25) is 18.9 Å². The van der Waals surface area contributed by atoms with E-state index in [0.717, 1.165) is 37.0 Å². The summed E-state index contributed by atoms with van der Waals surface area (Å²) < 4.78 is 7.48. The average molecular weight is 481 g/mol. The highest BCUT2D eigenvalue weighted by atomic mass is 32.2. The Balaban J connectivity index is 1.55. The molecule has 1 saturated carbocycles. The van der Waals surface area contributed by atoms with Crippen molar-refractivity contribution >= 4 is 51.7 Å². The standard InChI is InChI=1S/C24H24N4O3S2/c1-15-9-10-20-26-21(25-13-17-8-5-11-31-17)18(22(29)27(20)14-15)12-19-23(30)28(24(32)33-19)16-6-3-2-4-7-16/h5,8-12,14,16,25H,2-4,6-7,13H2,1H3/b19-12-. The van der Waals surface area contributed by atoms with Gasteiger partial charge in [-0.05, 0) is 49.6 Å². The van der Waals surface area contributed by atoms with Crippen LogP contribution in [-0.4, -0.2) is 30.6 Å². The number of thioether (sulfide) groups is 1. The molecule has 1 amide bonds. The van der Waals surface area contributed by atoms with Crippen molar-refractivity contribution in [2.24, 2.45) is 0 Å². The third-order valence-corrected chi connectivity index (χ3v) is 7.38. The number of anilines is 1. The van der Waals surface area contributed by atoms with Crippen molar-refractivity contribution in [2.45, 2.75) is 51.6 Å². The van der Waals surface area contributed by atoms with E-state index < -0.39 is 0 Å². The SMILES string of the molecule is Cc1ccc2nc(NCc3ccco3)c(/C=C3\SC(=S)N(C4CCCCC4)C3=O)c(=O)n2c1. The minimum Gasteiger partial charge on any atom is -0.467 e. The lowest BCUT2D eigenvalue weighted by Crippen LogP contribution is -2.39. The van der Waals surface area contributed by atoms with Crippen LogP contribution in [-0.2, 0) is 11.3 Å². The second kappa shape index (κ2) is 9.15. The number of furan rings is 1. The van der Waals surface area contributed by atoms with Gasteiger partial charge in [0.05, 0.1) is 23.3 Å². The molecule has 3 aromatic heterocycles. The molecule has 0 radical (unpaired) electrons. The molecule has 1 aliphatic heterocycles. The number of carbonyl (C=O) groups is 1. The summed E-state index contributed by atoms with van der Waals surface area (Å²) in [5, 5.41) is 3.21. The van der Waals surface area contributed by atoms with Crippen molar-refractivity contribution in [3.63, 3.8) is 0 Å². The molecule has 0 atom stereocenters. The number of carbonyl (C=O) groups excluding carboxylic acids is 1. The summed E-state index contributed by atoms with van der Waals surface area (Å²) in [5.74, 6) is 1.00. The first-order valence-electron chi connectivity index (χ1n) is 11.1. The molecule has 5 rings (SSSR count). The molecule has 33 heavy (non-hydrogen) atoms. The normalized spacial score (nSPS) is 18.6. The molecule has 7 nitrogen and oxygen atoms in total. The minimum atomic E-state index is -0.242. The van der Waals surface area contributed by atoms with E-state index in [-0.39, 0.29) is 17.5 Å².